The third kappa shape index (κ3) is 2.64. The number of hydrogen-bond acceptors (Lipinski definition) is 3. The largest absolute Gasteiger partial charge is 0.383 e. The van der Waals surface area contributed by atoms with E-state index in [0.29, 0.717) is 13.1 Å². The van der Waals surface area contributed by atoms with E-state index in [-0.39, 0.29) is 23.7 Å². The SMILES string of the molecule is CNc1c(F)cc(C(=O)N2CCNC(=O)C2)cc1F. The highest BCUT2D eigenvalue weighted by molar-refractivity contribution is 5.97. The second kappa shape index (κ2) is 5.21. The highest BCUT2D eigenvalue weighted by Crippen LogP contribution is 2.21. The molecule has 102 valence electrons. The Morgan fingerprint density at radius 3 is 2.53 bits per heavy atom. The van der Waals surface area contributed by atoms with Crippen LogP contribution in [0.15, 0.2) is 12.1 Å². The molecule has 2 rings (SSSR count). The minimum atomic E-state index is -0.840. The molecule has 5 nitrogen and oxygen atoms in total. The monoisotopic (exact) mass is 269 g/mol. The van der Waals surface area contributed by atoms with Crippen LogP contribution in [0.5, 0.6) is 0 Å². The van der Waals surface area contributed by atoms with Gasteiger partial charge in [-0.1, -0.05) is 0 Å². The highest BCUT2D eigenvalue weighted by Gasteiger charge is 2.24. The first kappa shape index (κ1) is 13.3. The summed E-state index contributed by atoms with van der Waals surface area (Å²) in [5, 5.41) is 4.95. The Hall–Kier alpha value is -2.18. The summed E-state index contributed by atoms with van der Waals surface area (Å²) in [6.07, 6.45) is 0. The fourth-order valence-corrected chi connectivity index (χ4v) is 1.93. The van der Waals surface area contributed by atoms with Gasteiger partial charge in [0.25, 0.3) is 5.91 Å². The number of nitrogens with one attached hydrogen (secondary N) is 2. The zero-order valence-corrected chi connectivity index (χ0v) is 10.3. The zero-order valence-electron chi connectivity index (χ0n) is 10.3. The number of piperazine rings is 1. The zero-order chi connectivity index (χ0) is 14.0. The van der Waals surface area contributed by atoms with Crippen LogP contribution in [0.3, 0.4) is 0 Å². The van der Waals surface area contributed by atoms with Gasteiger partial charge in [0.05, 0.1) is 6.54 Å². The van der Waals surface area contributed by atoms with Crippen molar-refractivity contribution >= 4 is 17.5 Å². The molecule has 1 aliphatic rings. The number of hydrogen-bond donors (Lipinski definition) is 2. The number of anilines is 1. The highest BCUT2D eigenvalue weighted by atomic mass is 19.1. The molecular weight excluding hydrogens is 256 g/mol. The fourth-order valence-electron chi connectivity index (χ4n) is 1.93. The molecule has 2 amide bonds. The Morgan fingerprint density at radius 1 is 1.37 bits per heavy atom. The van der Waals surface area contributed by atoms with Crippen LogP contribution in [0.25, 0.3) is 0 Å². The van der Waals surface area contributed by atoms with E-state index in [9.17, 15) is 18.4 Å². The van der Waals surface area contributed by atoms with Crippen LogP contribution in [-0.4, -0.2) is 43.4 Å². The standard InChI is InChI=1S/C12H13F2N3O2/c1-15-11-8(13)4-7(5-9(11)14)12(19)17-3-2-16-10(18)6-17/h4-5,15H,2-3,6H2,1H3,(H,16,18). The smallest absolute Gasteiger partial charge is 0.254 e. The maximum Gasteiger partial charge on any atom is 0.254 e. The van der Waals surface area contributed by atoms with Gasteiger partial charge in [-0.25, -0.2) is 8.78 Å². The van der Waals surface area contributed by atoms with Gasteiger partial charge in [0.1, 0.15) is 17.3 Å². The van der Waals surface area contributed by atoms with E-state index in [2.05, 4.69) is 10.6 Å². The normalized spacial score (nSPS) is 15.1. The van der Waals surface area contributed by atoms with E-state index in [4.69, 9.17) is 0 Å². The van der Waals surface area contributed by atoms with Crippen molar-refractivity contribution in [2.24, 2.45) is 0 Å². The van der Waals surface area contributed by atoms with E-state index >= 15 is 0 Å². The van der Waals surface area contributed by atoms with E-state index < -0.39 is 17.5 Å². The topological polar surface area (TPSA) is 61.4 Å². The van der Waals surface area contributed by atoms with E-state index in [0.717, 1.165) is 12.1 Å². The first-order valence-corrected chi connectivity index (χ1v) is 5.75. The van der Waals surface area contributed by atoms with Crippen LogP contribution in [0.1, 0.15) is 10.4 Å². The molecule has 19 heavy (non-hydrogen) atoms. The molecule has 0 radical (unpaired) electrons. The van der Waals surface area contributed by atoms with Crippen molar-refractivity contribution in [3.63, 3.8) is 0 Å². The van der Waals surface area contributed by atoms with Crippen molar-refractivity contribution in [3.05, 3.63) is 29.3 Å². The molecule has 2 N–H and O–H groups in total. The second-order valence-electron chi connectivity index (χ2n) is 4.14. The predicted octanol–water partition coefficient (Wildman–Crippen LogP) is 0.578. The number of nitrogens with zero attached hydrogens (tertiary/aromatic N) is 1. The maximum atomic E-state index is 13.6. The van der Waals surface area contributed by atoms with Gasteiger partial charge in [0, 0.05) is 25.7 Å². The first-order valence-electron chi connectivity index (χ1n) is 5.75. The van der Waals surface area contributed by atoms with Crippen molar-refractivity contribution in [1.29, 1.82) is 0 Å². The molecule has 7 heteroatoms. The summed E-state index contributed by atoms with van der Waals surface area (Å²) in [5.41, 5.74) is -0.392. The Bertz CT molecular complexity index is 511. The van der Waals surface area contributed by atoms with Gasteiger partial charge in [-0.2, -0.15) is 0 Å². The van der Waals surface area contributed by atoms with Crippen molar-refractivity contribution in [2.45, 2.75) is 0 Å². The lowest BCUT2D eigenvalue weighted by Crippen LogP contribution is -2.50. The van der Waals surface area contributed by atoms with Crippen LogP contribution in [0.4, 0.5) is 14.5 Å². The summed E-state index contributed by atoms with van der Waals surface area (Å²) in [5.74, 6) is -2.53. The molecule has 0 bridgehead atoms. The Kier molecular flexibility index (Phi) is 3.64. The lowest BCUT2D eigenvalue weighted by atomic mass is 10.1. The molecule has 1 aromatic carbocycles. The van der Waals surface area contributed by atoms with Gasteiger partial charge >= 0.3 is 0 Å². The number of carbonyl (C=O) groups is 2. The molecule has 0 atom stereocenters. The summed E-state index contributed by atoms with van der Waals surface area (Å²) < 4.78 is 27.1. The lowest BCUT2D eigenvalue weighted by Gasteiger charge is -2.26. The quantitative estimate of drug-likeness (QED) is 0.825. The average molecular weight is 269 g/mol. The molecular formula is C12H13F2N3O2. The Balaban J connectivity index is 2.26. The minimum Gasteiger partial charge on any atom is -0.383 e. The number of rotatable bonds is 2. The van der Waals surface area contributed by atoms with Crippen LogP contribution in [0.2, 0.25) is 0 Å². The molecule has 1 aromatic rings. The summed E-state index contributed by atoms with van der Waals surface area (Å²) in [4.78, 5) is 24.5. The molecule has 1 saturated heterocycles. The van der Waals surface area contributed by atoms with Crippen molar-refractivity contribution in [2.75, 3.05) is 32.0 Å². The van der Waals surface area contributed by atoms with Crippen molar-refractivity contribution < 1.29 is 18.4 Å². The van der Waals surface area contributed by atoms with Crippen molar-refractivity contribution in [3.8, 4) is 0 Å². The molecule has 1 aliphatic heterocycles. The van der Waals surface area contributed by atoms with Gasteiger partial charge in [-0.3, -0.25) is 9.59 Å². The Morgan fingerprint density at radius 2 is 2.00 bits per heavy atom. The summed E-state index contributed by atoms with van der Waals surface area (Å²) in [7, 11) is 1.39. The molecule has 0 aliphatic carbocycles. The minimum absolute atomic E-state index is 0.101. The van der Waals surface area contributed by atoms with Crippen LogP contribution in [0, 0.1) is 11.6 Å². The summed E-state index contributed by atoms with van der Waals surface area (Å²) in [6, 6.07) is 1.92. The molecule has 0 unspecified atom stereocenters. The lowest BCUT2D eigenvalue weighted by molar-refractivity contribution is -0.123. The van der Waals surface area contributed by atoms with E-state index in [1.807, 2.05) is 0 Å². The van der Waals surface area contributed by atoms with Gasteiger partial charge < -0.3 is 15.5 Å². The van der Waals surface area contributed by atoms with Gasteiger partial charge in [-0.15, -0.1) is 0 Å². The molecule has 0 aromatic heterocycles. The number of amides is 2. The van der Waals surface area contributed by atoms with Crippen LogP contribution < -0.4 is 10.6 Å². The maximum absolute atomic E-state index is 13.6. The third-order valence-corrected chi connectivity index (χ3v) is 2.86. The van der Waals surface area contributed by atoms with Gasteiger partial charge in [0.2, 0.25) is 5.91 Å². The second-order valence-corrected chi connectivity index (χ2v) is 4.14. The third-order valence-electron chi connectivity index (χ3n) is 2.86. The van der Waals surface area contributed by atoms with Crippen LogP contribution >= 0.6 is 0 Å². The molecule has 1 fully saturated rings. The molecule has 0 saturated carbocycles. The van der Waals surface area contributed by atoms with E-state index in [1.165, 1.54) is 11.9 Å². The number of benzene rings is 1. The molecule has 0 spiro atoms. The number of halogens is 2. The van der Waals surface area contributed by atoms with Gasteiger partial charge in [0.15, 0.2) is 0 Å². The van der Waals surface area contributed by atoms with Gasteiger partial charge in [-0.05, 0) is 12.1 Å². The van der Waals surface area contributed by atoms with E-state index in [1.54, 1.807) is 0 Å². The first-order chi connectivity index (χ1) is 9.02. The fraction of sp³-hybridized carbons (Fsp3) is 0.333. The number of carbonyl (C=O) groups excluding carboxylic acids is 2. The average Bonchev–Trinajstić information content (AvgIpc) is 2.37. The Labute approximate surface area is 108 Å². The van der Waals surface area contributed by atoms with Crippen molar-refractivity contribution in [1.82, 2.24) is 10.2 Å². The summed E-state index contributed by atoms with van der Waals surface area (Å²) in [6.45, 7) is 0.557. The molecule has 1 heterocycles. The predicted molar refractivity (Wildman–Crippen MR) is 64.8 cm³/mol. The van der Waals surface area contributed by atoms with Crippen LogP contribution in [-0.2, 0) is 4.79 Å². The summed E-state index contributed by atoms with van der Waals surface area (Å²) >= 11 is 0.